The van der Waals surface area contributed by atoms with Gasteiger partial charge >= 0.3 is 0 Å². The van der Waals surface area contributed by atoms with E-state index in [4.69, 9.17) is 21.3 Å². The van der Waals surface area contributed by atoms with Crippen molar-refractivity contribution in [2.24, 2.45) is 4.99 Å². The lowest BCUT2D eigenvalue weighted by Gasteiger charge is -2.43. The molecule has 0 aliphatic carbocycles. The zero-order chi connectivity index (χ0) is 31.1. The molecule has 9 heteroatoms. The summed E-state index contributed by atoms with van der Waals surface area (Å²) in [5.74, 6) is 0.0629. The Kier molecular flexibility index (Phi) is 11.3. The number of carbonyl (C=O) groups excluding carboxylic acids is 2. The van der Waals surface area contributed by atoms with Gasteiger partial charge in [-0.1, -0.05) is 60.5 Å². The van der Waals surface area contributed by atoms with Gasteiger partial charge in [0.05, 0.1) is 6.04 Å². The van der Waals surface area contributed by atoms with E-state index in [0.717, 1.165) is 36.9 Å². The summed E-state index contributed by atoms with van der Waals surface area (Å²) >= 11 is 6.20. The average Bonchev–Trinajstić information content (AvgIpc) is 3.30. The highest BCUT2D eigenvalue weighted by atomic mass is 35.5. The average molecular weight is 610 g/mol. The fourth-order valence-electron chi connectivity index (χ4n) is 6.01. The fourth-order valence-corrected chi connectivity index (χ4v) is 6.23. The Morgan fingerprint density at radius 2 is 1.79 bits per heavy atom. The normalized spacial score (nSPS) is 20.7. The van der Waals surface area contributed by atoms with E-state index >= 15 is 0 Å². The number of amidine groups is 1. The van der Waals surface area contributed by atoms with Crippen LogP contribution in [0.15, 0.2) is 59.6 Å². The Labute approximate surface area is 262 Å². The van der Waals surface area contributed by atoms with Gasteiger partial charge in [-0.2, -0.15) is 0 Å². The molecule has 0 radical (unpaired) electrons. The summed E-state index contributed by atoms with van der Waals surface area (Å²) in [6, 6.07) is 17.4. The smallest absolute Gasteiger partial charge is 0.288 e. The van der Waals surface area contributed by atoms with Crippen molar-refractivity contribution in [3.8, 4) is 0 Å². The third-order valence-electron chi connectivity index (χ3n) is 8.45. The van der Waals surface area contributed by atoms with E-state index in [-0.39, 0.29) is 23.8 Å². The second-order valence-corrected chi connectivity index (χ2v) is 13.3. The molecule has 2 heterocycles. The number of carbonyl (C=O) groups is 2. The molecular formula is C34H48ClN5O3. The molecule has 0 saturated carbocycles. The molecule has 3 atom stereocenters. The number of benzene rings is 2. The number of halogens is 1. The largest absolute Gasteiger partial charge is 0.454 e. The number of ether oxygens (including phenoxy) is 1. The van der Waals surface area contributed by atoms with Crippen LogP contribution in [0.1, 0.15) is 56.8 Å². The molecule has 0 N–H and O–H groups in total. The summed E-state index contributed by atoms with van der Waals surface area (Å²) in [4.78, 5) is 41.0. The van der Waals surface area contributed by atoms with Crippen LogP contribution in [-0.2, 0) is 20.7 Å². The Hall–Kier alpha value is -2.94. The van der Waals surface area contributed by atoms with E-state index < -0.39 is 11.6 Å². The van der Waals surface area contributed by atoms with Gasteiger partial charge in [-0.3, -0.25) is 14.5 Å². The van der Waals surface area contributed by atoms with Crippen LogP contribution in [0.25, 0.3) is 0 Å². The van der Waals surface area contributed by atoms with Crippen molar-refractivity contribution in [1.82, 2.24) is 19.6 Å². The van der Waals surface area contributed by atoms with Gasteiger partial charge in [-0.25, -0.2) is 4.99 Å². The van der Waals surface area contributed by atoms with Crippen LogP contribution in [-0.4, -0.2) is 109 Å². The number of ketones is 1. The molecule has 2 aliphatic heterocycles. The van der Waals surface area contributed by atoms with Gasteiger partial charge in [-0.15, -0.1) is 0 Å². The monoisotopic (exact) mass is 609 g/mol. The first kappa shape index (κ1) is 33.0. The number of aryl methyl sites for hydroxylation is 1. The van der Waals surface area contributed by atoms with Gasteiger partial charge in [0, 0.05) is 31.1 Å². The van der Waals surface area contributed by atoms with Gasteiger partial charge in [-0.05, 0) is 91.1 Å². The number of piperazine rings is 1. The van der Waals surface area contributed by atoms with Gasteiger partial charge in [0.2, 0.25) is 5.91 Å². The number of unbranched alkanes of at least 4 members (excludes halogenated alkanes) is 1. The van der Waals surface area contributed by atoms with E-state index in [2.05, 4.69) is 49.9 Å². The molecule has 0 aromatic heterocycles. The highest BCUT2D eigenvalue weighted by Crippen LogP contribution is 2.38. The standard InChI is InChI=1S/C34H48ClN5O3/c1-34(2)31(26-14-8-7-9-15-26)43-33(36-34)39-21-22-40(32(42)28(38(5)6)17-10-11-20-37(3)4)29(24-39)30(41)19-18-25-13-12-16-27(35)23-25/h7-9,12-16,23,28-29,31H,10-11,17-22,24H2,1-6H3/t28-,29+,31?/m1/s1. The summed E-state index contributed by atoms with van der Waals surface area (Å²) in [6.45, 7) is 6.48. The van der Waals surface area contributed by atoms with Gasteiger partial charge in [0.25, 0.3) is 6.02 Å². The number of hydrogen-bond acceptors (Lipinski definition) is 7. The third-order valence-corrected chi connectivity index (χ3v) is 8.68. The third kappa shape index (κ3) is 8.58. The van der Waals surface area contributed by atoms with E-state index in [1.54, 1.807) is 0 Å². The van der Waals surface area contributed by atoms with Crippen molar-refractivity contribution >= 4 is 29.3 Å². The zero-order valence-corrected chi connectivity index (χ0v) is 27.4. The lowest BCUT2D eigenvalue weighted by molar-refractivity contribution is -0.146. The van der Waals surface area contributed by atoms with E-state index in [1.807, 2.05) is 66.4 Å². The first-order valence-electron chi connectivity index (χ1n) is 15.4. The molecule has 43 heavy (non-hydrogen) atoms. The maximum absolute atomic E-state index is 14.1. The van der Waals surface area contributed by atoms with Crippen molar-refractivity contribution in [3.63, 3.8) is 0 Å². The van der Waals surface area contributed by atoms with Gasteiger partial charge in [0.15, 0.2) is 11.9 Å². The number of aliphatic imine (C=N–C) groups is 1. The fraction of sp³-hybridized carbons (Fsp3) is 0.559. The Morgan fingerprint density at radius 3 is 2.47 bits per heavy atom. The van der Waals surface area contributed by atoms with Crippen LogP contribution in [0.2, 0.25) is 5.02 Å². The zero-order valence-electron chi connectivity index (χ0n) is 26.6. The van der Waals surface area contributed by atoms with Crippen molar-refractivity contribution in [2.75, 3.05) is 54.4 Å². The second kappa shape index (κ2) is 14.7. The van der Waals surface area contributed by atoms with Gasteiger partial charge in [0.1, 0.15) is 11.6 Å². The molecule has 8 nitrogen and oxygen atoms in total. The number of amides is 1. The number of nitrogens with zero attached hydrogens (tertiary/aromatic N) is 5. The molecule has 0 spiro atoms. The predicted molar refractivity (Wildman–Crippen MR) is 174 cm³/mol. The Bertz CT molecular complexity index is 1270. The summed E-state index contributed by atoms with van der Waals surface area (Å²) in [5, 5.41) is 0.653. The van der Waals surface area contributed by atoms with Crippen molar-refractivity contribution in [1.29, 1.82) is 0 Å². The van der Waals surface area contributed by atoms with Crippen LogP contribution in [0.3, 0.4) is 0 Å². The van der Waals surface area contributed by atoms with E-state index in [9.17, 15) is 9.59 Å². The van der Waals surface area contributed by atoms with Crippen LogP contribution in [0, 0.1) is 0 Å². The maximum Gasteiger partial charge on any atom is 0.288 e. The number of rotatable bonds is 12. The first-order valence-corrected chi connectivity index (χ1v) is 15.8. The second-order valence-electron chi connectivity index (χ2n) is 12.8. The quantitative estimate of drug-likeness (QED) is 0.318. The molecule has 1 amide bonds. The lowest BCUT2D eigenvalue weighted by atomic mass is 9.93. The minimum atomic E-state index is -0.588. The minimum absolute atomic E-state index is 0.0207. The van der Waals surface area contributed by atoms with E-state index in [0.29, 0.717) is 43.5 Å². The molecule has 1 saturated heterocycles. The predicted octanol–water partition coefficient (Wildman–Crippen LogP) is 4.92. The molecule has 4 rings (SSSR count). The molecule has 2 aromatic carbocycles. The molecule has 0 bridgehead atoms. The SMILES string of the molecule is CN(C)CCCC[C@H](C(=O)N1CCN(C2=NC(C)(C)C(c3ccccc3)O2)C[C@H]1C(=O)CCc1cccc(Cl)c1)N(C)C. The number of likely N-dealkylation sites (N-methyl/N-ethyl adjacent to an activating group) is 1. The summed E-state index contributed by atoms with van der Waals surface area (Å²) in [5.41, 5.74) is 1.62. The van der Waals surface area contributed by atoms with Crippen molar-refractivity contribution in [2.45, 2.75) is 69.7 Å². The highest BCUT2D eigenvalue weighted by molar-refractivity contribution is 6.30. The molecule has 2 aliphatic rings. The molecular weight excluding hydrogens is 562 g/mol. The first-order chi connectivity index (χ1) is 20.5. The minimum Gasteiger partial charge on any atom is -0.454 e. The Balaban J connectivity index is 1.53. The van der Waals surface area contributed by atoms with Crippen LogP contribution < -0.4 is 0 Å². The summed E-state index contributed by atoms with van der Waals surface area (Å²) in [6.07, 6.45) is 3.40. The Morgan fingerprint density at radius 1 is 1.05 bits per heavy atom. The van der Waals surface area contributed by atoms with Crippen LogP contribution >= 0.6 is 11.6 Å². The van der Waals surface area contributed by atoms with Gasteiger partial charge < -0.3 is 19.4 Å². The van der Waals surface area contributed by atoms with Crippen LogP contribution in [0.5, 0.6) is 0 Å². The topological polar surface area (TPSA) is 68.7 Å². The molecule has 234 valence electrons. The lowest BCUT2D eigenvalue weighted by Crippen LogP contribution is -2.62. The summed E-state index contributed by atoms with van der Waals surface area (Å²) < 4.78 is 6.47. The van der Waals surface area contributed by atoms with E-state index in [1.165, 1.54) is 0 Å². The number of hydrogen-bond donors (Lipinski definition) is 0. The van der Waals surface area contributed by atoms with Crippen molar-refractivity contribution < 1.29 is 14.3 Å². The van der Waals surface area contributed by atoms with Crippen LogP contribution in [0.4, 0.5) is 0 Å². The van der Waals surface area contributed by atoms with Crippen molar-refractivity contribution in [3.05, 3.63) is 70.7 Å². The molecule has 1 unspecified atom stereocenters. The summed E-state index contributed by atoms with van der Waals surface area (Å²) in [7, 11) is 8.03. The number of Topliss-reactive ketones (excluding diaryl/α,β-unsaturated/α-hetero) is 1. The molecule has 1 fully saturated rings. The highest BCUT2D eigenvalue weighted by Gasteiger charge is 2.44. The molecule has 2 aromatic rings. The maximum atomic E-state index is 14.1.